The van der Waals surface area contributed by atoms with E-state index in [2.05, 4.69) is 25.2 Å². The van der Waals surface area contributed by atoms with Crippen molar-refractivity contribution in [3.05, 3.63) is 28.8 Å². The van der Waals surface area contributed by atoms with Crippen molar-refractivity contribution in [2.24, 2.45) is 0 Å². The van der Waals surface area contributed by atoms with Gasteiger partial charge in [0.2, 0.25) is 0 Å². The largest absolute Gasteiger partial charge is 0.381 e. The Labute approximate surface area is 89.5 Å². The molecule has 0 aliphatic carbocycles. The predicted octanol–water partition coefficient (Wildman–Crippen LogP) is 3.42. The van der Waals surface area contributed by atoms with Gasteiger partial charge in [-0.2, -0.15) is 5.26 Å². The Morgan fingerprint density at radius 2 is 2.29 bits per heavy atom. The van der Waals surface area contributed by atoms with Crippen LogP contribution < -0.4 is 5.32 Å². The second-order valence-corrected chi connectivity index (χ2v) is 3.67. The molecule has 0 heterocycles. The number of hydrogen-bond donors (Lipinski definition) is 1. The van der Waals surface area contributed by atoms with E-state index in [-0.39, 0.29) is 0 Å². The van der Waals surface area contributed by atoms with Gasteiger partial charge >= 0.3 is 0 Å². The van der Waals surface area contributed by atoms with E-state index in [1.807, 2.05) is 0 Å². The summed E-state index contributed by atoms with van der Waals surface area (Å²) >= 11 is 5.98. The van der Waals surface area contributed by atoms with Crippen LogP contribution in [0.25, 0.3) is 0 Å². The fraction of sp³-hybridized carbons (Fsp3) is 0.364. The molecule has 0 aliphatic heterocycles. The lowest BCUT2D eigenvalue weighted by atomic mass is 10.2. The van der Waals surface area contributed by atoms with E-state index in [9.17, 15) is 0 Å². The summed E-state index contributed by atoms with van der Waals surface area (Å²) in [6.45, 7) is 4.18. The number of rotatable bonds is 3. The lowest BCUT2D eigenvalue weighted by Crippen LogP contribution is -2.13. The Morgan fingerprint density at radius 1 is 1.57 bits per heavy atom. The van der Waals surface area contributed by atoms with Crippen LogP contribution in [0.4, 0.5) is 5.69 Å². The average Bonchev–Trinajstić information content (AvgIpc) is 2.21. The lowest BCUT2D eigenvalue weighted by Gasteiger charge is -2.14. The molecule has 0 saturated carbocycles. The Morgan fingerprint density at radius 3 is 2.86 bits per heavy atom. The molecule has 0 spiro atoms. The van der Waals surface area contributed by atoms with Crippen LogP contribution in [0.3, 0.4) is 0 Å². The van der Waals surface area contributed by atoms with Crippen LogP contribution in [-0.4, -0.2) is 6.04 Å². The predicted molar refractivity (Wildman–Crippen MR) is 59.5 cm³/mol. The highest BCUT2D eigenvalue weighted by molar-refractivity contribution is 6.33. The maximum atomic E-state index is 8.72. The van der Waals surface area contributed by atoms with Gasteiger partial charge in [0.1, 0.15) is 0 Å². The van der Waals surface area contributed by atoms with Crippen LogP contribution >= 0.6 is 11.6 Å². The van der Waals surface area contributed by atoms with Gasteiger partial charge in [-0.15, -0.1) is 0 Å². The van der Waals surface area contributed by atoms with Gasteiger partial charge in [0.25, 0.3) is 0 Å². The van der Waals surface area contributed by atoms with Gasteiger partial charge < -0.3 is 5.32 Å². The fourth-order valence-corrected chi connectivity index (χ4v) is 1.25. The summed E-state index contributed by atoms with van der Waals surface area (Å²) in [4.78, 5) is 0. The van der Waals surface area contributed by atoms with Gasteiger partial charge in [0.15, 0.2) is 0 Å². The highest BCUT2D eigenvalue weighted by Gasteiger charge is 2.04. The molecule has 0 aliphatic rings. The van der Waals surface area contributed by atoms with Gasteiger partial charge in [0.05, 0.1) is 22.3 Å². The molecule has 1 aromatic carbocycles. The van der Waals surface area contributed by atoms with E-state index in [1.54, 1.807) is 18.2 Å². The van der Waals surface area contributed by atoms with Gasteiger partial charge in [-0.1, -0.05) is 18.5 Å². The molecule has 1 unspecified atom stereocenters. The van der Waals surface area contributed by atoms with Crippen molar-refractivity contribution in [3.63, 3.8) is 0 Å². The molecule has 74 valence electrons. The Hall–Kier alpha value is -1.20. The molecule has 0 fully saturated rings. The second-order valence-electron chi connectivity index (χ2n) is 3.26. The smallest absolute Gasteiger partial charge is 0.0992 e. The minimum atomic E-state index is 0.362. The van der Waals surface area contributed by atoms with Crippen LogP contribution in [0.2, 0.25) is 5.02 Å². The number of nitrogens with one attached hydrogen (secondary N) is 1. The van der Waals surface area contributed by atoms with Crippen molar-refractivity contribution in [2.45, 2.75) is 26.3 Å². The number of nitriles is 1. The molecule has 0 bridgehead atoms. The highest BCUT2D eigenvalue weighted by Crippen LogP contribution is 2.23. The first-order chi connectivity index (χ1) is 6.67. The van der Waals surface area contributed by atoms with Crippen LogP contribution in [-0.2, 0) is 0 Å². The van der Waals surface area contributed by atoms with Crippen molar-refractivity contribution in [3.8, 4) is 6.07 Å². The summed E-state index contributed by atoms with van der Waals surface area (Å²) in [5.74, 6) is 0. The Bertz CT molecular complexity index is 355. The zero-order valence-corrected chi connectivity index (χ0v) is 9.10. The summed E-state index contributed by atoms with van der Waals surface area (Å²) in [5.41, 5.74) is 1.46. The molecular formula is C11H13ClN2. The Kier molecular flexibility index (Phi) is 3.79. The van der Waals surface area contributed by atoms with Gasteiger partial charge in [-0.05, 0) is 31.5 Å². The zero-order valence-electron chi connectivity index (χ0n) is 8.34. The summed E-state index contributed by atoms with van der Waals surface area (Å²) in [6, 6.07) is 7.68. The fourth-order valence-electron chi connectivity index (χ4n) is 1.07. The van der Waals surface area contributed by atoms with Gasteiger partial charge in [-0.3, -0.25) is 0 Å². The number of nitrogens with zero attached hydrogens (tertiary/aromatic N) is 1. The number of hydrogen-bond acceptors (Lipinski definition) is 2. The molecule has 1 atom stereocenters. The quantitative estimate of drug-likeness (QED) is 0.826. The maximum absolute atomic E-state index is 8.72. The SMILES string of the molecule is CCC(C)Nc1cc(C#N)ccc1Cl. The second kappa shape index (κ2) is 4.88. The summed E-state index contributed by atoms with van der Waals surface area (Å²) in [5, 5.41) is 12.6. The van der Waals surface area contributed by atoms with Crippen LogP contribution in [0.15, 0.2) is 18.2 Å². The van der Waals surface area contributed by atoms with Crippen LogP contribution in [0.5, 0.6) is 0 Å². The van der Waals surface area contributed by atoms with E-state index in [4.69, 9.17) is 16.9 Å². The number of benzene rings is 1. The van der Waals surface area contributed by atoms with Crippen molar-refractivity contribution in [2.75, 3.05) is 5.32 Å². The van der Waals surface area contributed by atoms with Gasteiger partial charge in [0, 0.05) is 6.04 Å². The molecule has 0 radical (unpaired) electrons. The first-order valence-electron chi connectivity index (χ1n) is 4.63. The van der Waals surface area contributed by atoms with Crippen molar-refractivity contribution < 1.29 is 0 Å². The van der Waals surface area contributed by atoms with E-state index in [0.717, 1.165) is 12.1 Å². The van der Waals surface area contributed by atoms with E-state index < -0.39 is 0 Å². The standard InChI is InChI=1S/C11H13ClN2/c1-3-8(2)14-11-6-9(7-13)4-5-10(11)12/h4-6,8,14H,3H2,1-2H3. The molecular weight excluding hydrogens is 196 g/mol. The summed E-state index contributed by atoms with van der Waals surface area (Å²) in [6.07, 6.45) is 1.02. The molecule has 0 saturated heterocycles. The number of halogens is 1. The third kappa shape index (κ3) is 2.65. The van der Waals surface area contributed by atoms with Crippen LogP contribution in [0.1, 0.15) is 25.8 Å². The molecule has 0 amide bonds. The topological polar surface area (TPSA) is 35.8 Å². The third-order valence-corrected chi connectivity index (χ3v) is 2.44. The molecule has 3 heteroatoms. The van der Waals surface area contributed by atoms with E-state index in [0.29, 0.717) is 16.6 Å². The molecule has 1 N–H and O–H groups in total. The third-order valence-electron chi connectivity index (χ3n) is 2.11. The minimum absolute atomic E-state index is 0.362. The average molecular weight is 209 g/mol. The maximum Gasteiger partial charge on any atom is 0.0992 e. The Balaban J connectivity index is 2.90. The first-order valence-corrected chi connectivity index (χ1v) is 5.01. The van der Waals surface area contributed by atoms with Crippen molar-refractivity contribution in [1.82, 2.24) is 0 Å². The normalized spacial score (nSPS) is 11.9. The molecule has 0 aromatic heterocycles. The van der Waals surface area contributed by atoms with E-state index in [1.165, 1.54) is 0 Å². The molecule has 2 nitrogen and oxygen atoms in total. The molecule has 14 heavy (non-hydrogen) atoms. The highest BCUT2D eigenvalue weighted by atomic mass is 35.5. The monoisotopic (exact) mass is 208 g/mol. The van der Waals surface area contributed by atoms with E-state index >= 15 is 0 Å². The lowest BCUT2D eigenvalue weighted by molar-refractivity contribution is 0.764. The van der Waals surface area contributed by atoms with Crippen molar-refractivity contribution >= 4 is 17.3 Å². The van der Waals surface area contributed by atoms with Crippen LogP contribution in [0, 0.1) is 11.3 Å². The summed E-state index contributed by atoms with van der Waals surface area (Å²) in [7, 11) is 0. The summed E-state index contributed by atoms with van der Waals surface area (Å²) < 4.78 is 0. The minimum Gasteiger partial charge on any atom is -0.381 e. The van der Waals surface area contributed by atoms with Gasteiger partial charge in [-0.25, -0.2) is 0 Å². The molecule has 1 rings (SSSR count). The number of anilines is 1. The first kappa shape index (κ1) is 10.9. The molecule has 1 aromatic rings. The van der Waals surface area contributed by atoms with Crippen molar-refractivity contribution in [1.29, 1.82) is 5.26 Å². The zero-order chi connectivity index (χ0) is 10.6.